The Bertz CT molecular complexity index is 952. The number of thiazole rings is 1. The summed E-state index contributed by atoms with van der Waals surface area (Å²) in [5, 5.41) is 13.9. The van der Waals surface area contributed by atoms with Crippen LogP contribution in [0.3, 0.4) is 0 Å². The molecular formula is C16H13N3O4S. The number of amides is 1. The number of carbonyl (C=O) groups excluding carboxylic acids is 1. The predicted octanol–water partition coefficient (Wildman–Crippen LogP) is 3.77. The molecule has 7 nitrogen and oxygen atoms in total. The average Bonchev–Trinajstić information content (AvgIpc) is 2.95. The molecule has 0 saturated carbocycles. The lowest BCUT2D eigenvalue weighted by Crippen LogP contribution is -2.13. The van der Waals surface area contributed by atoms with Crippen LogP contribution < -0.4 is 10.1 Å². The van der Waals surface area contributed by atoms with Crippen LogP contribution in [0.2, 0.25) is 0 Å². The zero-order chi connectivity index (χ0) is 17.3. The molecular weight excluding hydrogens is 330 g/mol. The number of rotatable bonds is 4. The van der Waals surface area contributed by atoms with E-state index >= 15 is 0 Å². The lowest BCUT2D eigenvalue weighted by Gasteiger charge is -2.10. The monoisotopic (exact) mass is 343 g/mol. The van der Waals surface area contributed by atoms with Crippen molar-refractivity contribution in [2.45, 2.75) is 6.92 Å². The zero-order valence-electron chi connectivity index (χ0n) is 12.9. The molecule has 1 amide bonds. The summed E-state index contributed by atoms with van der Waals surface area (Å²) in [7, 11) is 1.51. The lowest BCUT2D eigenvalue weighted by molar-refractivity contribution is -0.384. The van der Waals surface area contributed by atoms with Crippen molar-refractivity contribution in [3.8, 4) is 5.75 Å². The molecule has 3 aromatic rings. The predicted molar refractivity (Wildman–Crippen MR) is 92.0 cm³/mol. The Balaban J connectivity index is 1.91. The number of hydrogen-bond donors (Lipinski definition) is 1. The van der Waals surface area contributed by atoms with Gasteiger partial charge in [-0.15, -0.1) is 0 Å². The van der Waals surface area contributed by atoms with Crippen LogP contribution in [0.25, 0.3) is 10.2 Å². The molecule has 0 unspecified atom stereocenters. The van der Waals surface area contributed by atoms with E-state index < -0.39 is 4.92 Å². The number of nitrogens with zero attached hydrogens (tertiary/aromatic N) is 2. The van der Waals surface area contributed by atoms with E-state index in [4.69, 9.17) is 4.74 Å². The highest BCUT2D eigenvalue weighted by Gasteiger charge is 2.16. The summed E-state index contributed by atoms with van der Waals surface area (Å²) in [6.07, 6.45) is 0. The second-order valence-electron chi connectivity index (χ2n) is 5.04. The summed E-state index contributed by atoms with van der Waals surface area (Å²) < 4.78 is 5.92. The highest BCUT2D eigenvalue weighted by molar-refractivity contribution is 7.22. The van der Waals surface area contributed by atoms with Gasteiger partial charge in [0.05, 0.1) is 27.8 Å². The molecule has 24 heavy (non-hydrogen) atoms. The van der Waals surface area contributed by atoms with Gasteiger partial charge in [-0.05, 0) is 24.6 Å². The van der Waals surface area contributed by atoms with Gasteiger partial charge in [-0.25, -0.2) is 4.98 Å². The quantitative estimate of drug-likeness (QED) is 0.575. The number of carbonyl (C=O) groups is 1. The number of aryl methyl sites for hydroxylation is 1. The standard InChI is InChI=1S/C16H13N3O4S/c1-9-4-3-5-11(14(9)23-2)15(20)18-16-17-12-7-6-10(19(21)22)8-13(12)24-16/h3-8H,1-2H3,(H,17,18,20). The van der Waals surface area contributed by atoms with Gasteiger partial charge >= 0.3 is 0 Å². The molecule has 0 aliphatic carbocycles. The van der Waals surface area contributed by atoms with Crippen LogP contribution in [0.1, 0.15) is 15.9 Å². The fourth-order valence-corrected chi connectivity index (χ4v) is 3.24. The Labute approximate surface area is 141 Å². The van der Waals surface area contributed by atoms with Gasteiger partial charge in [0.1, 0.15) is 5.75 Å². The molecule has 1 N–H and O–H groups in total. The second kappa shape index (κ2) is 6.25. The van der Waals surface area contributed by atoms with Crippen molar-refractivity contribution < 1.29 is 14.5 Å². The Morgan fingerprint density at radius 3 is 2.83 bits per heavy atom. The number of nitro benzene ring substituents is 1. The first-order chi connectivity index (χ1) is 11.5. The summed E-state index contributed by atoms with van der Waals surface area (Å²) >= 11 is 1.18. The van der Waals surface area contributed by atoms with Crippen LogP contribution in [0, 0.1) is 17.0 Å². The molecule has 3 rings (SSSR count). The largest absolute Gasteiger partial charge is 0.496 e. The van der Waals surface area contributed by atoms with E-state index in [0.29, 0.717) is 26.7 Å². The van der Waals surface area contributed by atoms with Crippen molar-refractivity contribution >= 4 is 38.3 Å². The maximum Gasteiger partial charge on any atom is 0.270 e. The summed E-state index contributed by atoms with van der Waals surface area (Å²) in [4.78, 5) is 27.1. The molecule has 8 heteroatoms. The van der Waals surface area contributed by atoms with Crippen LogP contribution in [0.5, 0.6) is 5.75 Å². The number of ether oxygens (including phenoxy) is 1. The molecule has 2 aromatic carbocycles. The smallest absolute Gasteiger partial charge is 0.270 e. The molecule has 1 heterocycles. The van der Waals surface area contributed by atoms with E-state index in [1.54, 1.807) is 18.2 Å². The van der Waals surface area contributed by atoms with Gasteiger partial charge in [-0.1, -0.05) is 23.5 Å². The van der Waals surface area contributed by atoms with Crippen molar-refractivity contribution in [3.63, 3.8) is 0 Å². The third-order valence-electron chi connectivity index (χ3n) is 3.46. The molecule has 0 radical (unpaired) electrons. The van der Waals surface area contributed by atoms with E-state index in [0.717, 1.165) is 5.56 Å². The highest BCUT2D eigenvalue weighted by Crippen LogP contribution is 2.30. The average molecular weight is 343 g/mol. The SMILES string of the molecule is COc1c(C)cccc1C(=O)Nc1nc2ccc([N+](=O)[O-])cc2s1. The first-order valence-electron chi connectivity index (χ1n) is 6.99. The number of non-ortho nitro benzene ring substituents is 1. The fraction of sp³-hybridized carbons (Fsp3) is 0.125. The summed E-state index contributed by atoms with van der Waals surface area (Å²) in [6, 6.07) is 9.68. The summed E-state index contributed by atoms with van der Waals surface area (Å²) in [5.74, 6) is 0.163. The number of nitrogens with one attached hydrogen (secondary N) is 1. The van der Waals surface area contributed by atoms with Crippen LogP contribution in [-0.2, 0) is 0 Å². The van der Waals surface area contributed by atoms with Crippen molar-refractivity contribution in [1.82, 2.24) is 4.98 Å². The number of hydrogen-bond acceptors (Lipinski definition) is 6. The number of anilines is 1. The van der Waals surface area contributed by atoms with Crippen molar-refractivity contribution in [1.29, 1.82) is 0 Å². The maximum atomic E-state index is 12.5. The third-order valence-corrected chi connectivity index (χ3v) is 4.40. The first-order valence-corrected chi connectivity index (χ1v) is 7.81. The second-order valence-corrected chi connectivity index (χ2v) is 6.07. The summed E-state index contributed by atoms with van der Waals surface area (Å²) in [6.45, 7) is 1.85. The molecule has 0 fully saturated rings. The van der Waals surface area contributed by atoms with Crippen LogP contribution in [0.15, 0.2) is 36.4 Å². The van der Waals surface area contributed by atoms with E-state index in [-0.39, 0.29) is 11.6 Å². The van der Waals surface area contributed by atoms with E-state index in [9.17, 15) is 14.9 Å². The number of para-hydroxylation sites is 1. The molecule has 0 bridgehead atoms. The van der Waals surface area contributed by atoms with Crippen LogP contribution >= 0.6 is 11.3 Å². The molecule has 0 spiro atoms. The normalized spacial score (nSPS) is 10.6. The Kier molecular flexibility index (Phi) is 4.13. The third kappa shape index (κ3) is 2.91. The molecule has 0 aliphatic rings. The maximum absolute atomic E-state index is 12.5. The number of aromatic nitrogens is 1. The number of methoxy groups -OCH3 is 1. The van der Waals surface area contributed by atoms with Gasteiger partial charge in [0.2, 0.25) is 0 Å². The van der Waals surface area contributed by atoms with Gasteiger partial charge in [0.25, 0.3) is 11.6 Å². The van der Waals surface area contributed by atoms with Gasteiger partial charge in [-0.3, -0.25) is 20.2 Å². The Morgan fingerprint density at radius 2 is 2.12 bits per heavy atom. The van der Waals surface area contributed by atoms with E-state index in [1.165, 1.54) is 30.6 Å². The fourth-order valence-electron chi connectivity index (χ4n) is 2.35. The lowest BCUT2D eigenvalue weighted by atomic mass is 10.1. The minimum absolute atomic E-state index is 0.00983. The number of fused-ring (bicyclic) bond motifs is 1. The Morgan fingerprint density at radius 1 is 1.33 bits per heavy atom. The minimum Gasteiger partial charge on any atom is -0.496 e. The topological polar surface area (TPSA) is 94.4 Å². The minimum atomic E-state index is -0.463. The Hall–Kier alpha value is -3.00. The molecule has 0 saturated heterocycles. The van der Waals surface area contributed by atoms with Gasteiger partial charge in [-0.2, -0.15) is 0 Å². The highest BCUT2D eigenvalue weighted by atomic mass is 32.1. The zero-order valence-corrected chi connectivity index (χ0v) is 13.7. The number of nitro groups is 1. The molecule has 0 aliphatic heterocycles. The van der Waals surface area contributed by atoms with Crippen molar-refractivity contribution in [3.05, 3.63) is 57.6 Å². The van der Waals surface area contributed by atoms with Gasteiger partial charge < -0.3 is 4.74 Å². The van der Waals surface area contributed by atoms with Gasteiger partial charge in [0.15, 0.2) is 5.13 Å². The first kappa shape index (κ1) is 15.9. The summed E-state index contributed by atoms with van der Waals surface area (Å²) in [5.41, 5.74) is 1.84. The molecule has 1 aromatic heterocycles. The van der Waals surface area contributed by atoms with Crippen molar-refractivity contribution in [2.75, 3.05) is 12.4 Å². The van der Waals surface area contributed by atoms with Crippen LogP contribution in [0.4, 0.5) is 10.8 Å². The van der Waals surface area contributed by atoms with Crippen molar-refractivity contribution in [2.24, 2.45) is 0 Å². The van der Waals surface area contributed by atoms with Crippen LogP contribution in [-0.4, -0.2) is 22.9 Å². The molecule has 0 atom stereocenters. The molecule has 122 valence electrons. The van der Waals surface area contributed by atoms with E-state index in [2.05, 4.69) is 10.3 Å². The number of benzene rings is 2. The van der Waals surface area contributed by atoms with Gasteiger partial charge in [0, 0.05) is 12.1 Å². The van der Waals surface area contributed by atoms with E-state index in [1.807, 2.05) is 13.0 Å².